The largest absolute Gasteiger partial charge is 3.00 e. The molecule has 4 aromatic rings. The normalized spacial score (nSPS) is 11.0. The molecule has 11 heteroatoms. The van der Waals surface area contributed by atoms with E-state index in [1.54, 1.807) is 30.5 Å². The van der Waals surface area contributed by atoms with Gasteiger partial charge in [-0.05, 0) is 50.2 Å². The molecule has 0 unspecified atom stereocenters. The van der Waals surface area contributed by atoms with E-state index in [2.05, 4.69) is 25.8 Å². The van der Waals surface area contributed by atoms with Crippen LogP contribution in [0.1, 0.15) is 11.1 Å². The number of rotatable bonds is 9. The van der Waals surface area contributed by atoms with Gasteiger partial charge in [-0.15, -0.1) is 6.07 Å². The summed E-state index contributed by atoms with van der Waals surface area (Å²) >= 11 is 0. The van der Waals surface area contributed by atoms with Gasteiger partial charge in [0.05, 0.1) is 0 Å². The molecule has 1 heterocycles. The molecule has 1 N–H and O–H groups in total. The van der Waals surface area contributed by atoms with E-state index < -0.39 is 20.0 Å². The summed E-state index contributed by atoms with van der Waals surface area (Å²) < 4.78 is 55.2. The van der Waals surface area contributed by atoms with Gasteiger partial charge in [0, 0.05) is 16.0 Å². The molecule has 4 rings (SSSR count). The molecule has 0 aliphatic heterocycles. The van der Waals surface area contributed by atoms with E-state index in [-0.39, 0.29) is 45.3 Å². The van der Waals surface area contributed by atoms with Gasteiger partial charge in [-0.1, -0.05) is 47.1 Å². The van der Waals surface area contributed by atoms with Crippen LogP contribution in [-0.2, 0) is 42.4 Å². The van der Waals surface area contributed by atoms with Gasteiger partial charge >= 0.3 is 22.4 Å². The van der Waals surface area contributed by atoms with E-state index in [4.69, 9.17) is 0 Å². The Morgan fingerprint density at radius 3 is 1.63 bits per heavy atom. The summed E-state index contributed by atoms with van der Waals surface area (Å²) in [6, 6.07) is 29.1. The minimum atomic E-state index is -3.79. The maximum Gasteiger partial charge on any atom is 3.00 e. The van der Waals surface area contributed by atoms with E-state index >= 15 is 0 Å². The van der Waals surface area contributed by atoms with Crippen LogP contribution in [0.4, 0.5) is 11.5 Å². The van der Waals surface area contributed by atoms with Gasteiger partial charge < -0.3 is 14.8 Å². The summed E-state index contributed by atoms with van der Waals surface area (Å²) in [5.74, 6) is 0.838. The Labute approximate surface area is 240 Å². The Bertz CT molecular complexity index is 1350. The quantitative estimate of drug-likeness (QED) is 0.133. The van der Waals surface area contributed by atoms with Gasteiger partial charge in [-0.2, -0.15) is 37.4 Å². The molecule has 0 atom stereocenters. The average molecular weight is 733 g/mol. The second kappa shape index (κ2) is 14.9. The van der Waals surface area contributed by atoms with Crippen LogP contribution >= 0.6 is 0 Å². The SMILES string of the molecule is Cc1ccc(S(=O)(=O)[N-]CC[N-]S(=O)(=O)c2ccc(C)cc2)cc1.[Au+3].[c-]1ccccc1Nc1ccccn1. The number of aryl methyl sites for hydroxylation is 2. The number of hydrogen-bond donors (Lipinski definition) is 1. The fraction of sp³-hybridized carbons (Fsp3) is 0.148. The van der Waals surface area contributed by atoms with Crippen LogP contribution in [0.15, 0.2) is 107 Å². The molecule has 8 nitrogen and oxygen atoms in total. The maximum atomic E-state index is 12.0. The van der Waals surface area contributed by atoms with Crippen LogP contribution in [-0.4, -0.2) is 34.9 Å². The van der Waals surface area contributed by atoms with Gasteiger partial charge in [0.25, 0.3) is 0 Å². The van der Waals surface area contributed by atoms with Gasteiger partial charge in [-0.3, -0.25) is 0 Å². The summed E-state index contributed by atoms with van der Waals surface area (Å²) in [7, 11) is -7.59. The summed E-state index contributed by atoms with van der Waals surface area (Å²) in [4.78, 5) is 4.30. The number of nitrogens with zero attached hydrogens (tertiary/aromatic N) is 3. The van der Waals surface area contributed by atoms with Crippen molar-refractivity contribution in [2.45, 2.75) is 23.6 Å². The van der Waals surface area contributed by atoms with Crippen LogP contribution in [0.2, 0.25) is 0 Å². The average Bonchev–Trinajstić information content (AvgIpc) is 2.89. The Balaban J connectivity index is 0.000000305. The number of aromatic nitrogens is 1. The van der Waals surface area contributed by atoms with E-state index in [9.17, 15) is 16.8 Å². The molecule has 202 valence electrons. The third-order valence-electron chi connectivity index (χ3n) is 4.90. The molecule has 38 heavy (non-hydrogen) atoms. The van der Waals surface area contributed by atoms with Crippen molar-refractivity contribution >= 4 is 31.6 Å². The molecule has 3 aromatic carbocycles. The van der Waals surface area contributed by atoms with Gasteiger partial charge in [-0.25, -0.2) is 21.8 Å². The minimum absolute atomic E-state index is 0. The van der Waals surface area contributed by atoms with Crippen molar-refractivity contribution in [2.75, 3.05) is 18.4 Å². The third kappa shape index (κ3) is 10.1. The Hall–Kier alpha value is -2.83. The molecule has 0 saturated heterocycles. The maximum absolute atomic E-state index is 12.0. The van der Waals surface area contributed by atoms with Crippen molar-refractivity contribution in [2.24, 2.45) is 0 Å². The van der Waals surface area contributed by atoms with Crippen molar-refractivity contribution in [3.8, 4) is 0 Å². The van der Waals surface area contributed by atoms with Gasteiger partial charge in [0.15, 0.2) is 0 Å². The van der Waals surface area contributed by atoms with Gasteiger partial charge in [0.1, 0.15) is 25.9 Å². The van der Waals surface area contributed by atoms with Crippen LogP contribution in [0, 0.1) is 19.9 Å². The van der Waals surface area contributed by atoms with Crippen molar-refractivity contribution in [3.05, 3.63) is 124 Å². The first-order chi connectivity index (χ1) is 17.7. The van der Waals surface area contributed by atoms with Crippen LogP contribution in [0.25, 0.3) is 9.44 Å². The van der Waals surface area contributed by atoms with Crippen molar-refractivity contribution in [1.82, 2.24) is 4.98 Å². The number of sulfonamides is 2. The Kier molecular flexibility index (Phi) is 12.3. The summed E-state index contributed by atoms with van der Waals surface area (Å²) in [6.45, 7) is 3.26. The molecular weight excluding hydrogens is 705 g/mol. The molecule has 0 spiro atoms. The molecular formula is C27H27AuN4O4S2. The van der Waals surface area contributed by atoms with Crippen LogP contribution in [0.5, 0.6) is 0 Å². The fourth-order valence-electron chi connectivity index (χ4n) is 2.94. The van der Waals surface area contributed by atoms with Crippen molar-refractivity contribution < 1.29 is 39.2 Å². The second-order valence-corrected chi connectivity index (χ2v) is 11.3. The first-order valence-electron chi connectivity index (χ1n) is 11.3. The van der Waals surface area contributed by atoms with Crippen LogP contribution in [0.3, 0.4) is 0 Å². The number of anilines is 2. The van der Waals surface area contributed by atoms with Crippen molar-refractivity contribution in [1.29, 1.82) is 0 Å². The number of benzene rings is 3. The fourth-order valence-corrected chi connectivity index (χ4v) is 4.84. The monoisotopic (exact) mass is 732 g/mol. The van der Waals surface area contributed by atoms with E-state index in [1.807, 2.05) is 56.3 Å². The molecule has 0 aliphatic carbocycles. The van der Waals surface area contributed by atoms with E-state index in [0.717, 1.165) is 22.6 Å². The smallest absolute Gasteiger partial charge is 0.546 e. The molecule has 0 saturated carbocycles. The standard InChI is InChI=1S/C16H18N2O4S2.C11H9N2.Au/c1-13-3-7-15(8-4-13)23(19,20)17-11-12-18-24(21,22)16-9-5-14(2)6-10-16;1-2-6-10(7-3-1)13-11-8-4-5-9-12-11;/h3-10H,11-12H2,1-2H3;1-6,8-9H,(H,12,13);/q-2;-1;+3. The Morgan fingerprint density at radius 2 is 1.21 bits per heavy atom. The molecule has 0 aliphatic rings. The first-order valence-corrected chi connectivity index (χ1v) is 14.2. The number of nitrogens with one attached hydrogen (secondary N) is 1. The van der Waals surface area contributed by atoms with Gasteiger partial charge in [0.2, 0.25) is 0 Å². The van der Waals surface area contributed by atoms with E-state index in [0.29, 0.717) is 0 Å². The molecule has 0 radical (unpaired) electrons. The minimum Gasteiger partial charge on any atom is -0.546 e. The number of para-hydroxylation sites is 1. The summed E-state index contributed by atoms with van der Waals surface area (Å²) in [5, 5.41) is 3.14. The second-order valence-electron chi connectivity index (χ2n) is 7.90. The predicted octanol–water partition coefficient (Wildman–Crippen LogP) is 5.75. The molecule has 0 bridgehead atoms. The van der Waals surface area contributed by atoms with Crippen LogP contribution < -0.4 is 5.32 Å². The first kappa shape index (κ1) is 31.4. The van der Waals surface area contributed by atoms with E-state index in [1.165, 1.54) is 24.3 Å². The number of hydrogen-bond acceptors (Lipinski definition) is 6. The zero-order chi connectivity index (χ0) is 26.7. The summed E-state index contributed by atoms with van der Waals surface area (Å²) in [5.41, 5.74) is 2.81. The third-order valence-corrected chi connectivity index (χ3v) is 7.68. The topological polar surface area (TPSA) is 121 Å². The van der Waals surface area contributed by atoms with Crippen molar-refractivity contribution in [3.63, 3.8) is 0 Å². The number of pyridine rings is 1. The molecule has 1 aromatic heterocycles. The zero-order valence-corrected chi connectivity index (χ0v) is 24.5. The molecule has 0 amide bonds. The predicted molar refractivity (Wildman–Crippen MR) is 146 cm³/mol. The summed E-state index contributed by atoms with van der Waals surface area (Å²) in [6.07, 6.45) is 1.76. The zero-order valence-electron chi connectivity index (χ0n) is 20.7. The Morgan fingerprint density at radius 1 is 0.711 bits per heavy atom. The molecule has 0 fully saturated rings.